The molecule has 2 heterocycles. The van der Waals surface area contributed by atoms with Crippen LogP contribution in [0.3, 0.4) is 0 Å². The van der Waals surface area contributed by atoms with E-state index in [-0.39, 0.29) is 22.7 Å². The van der Waals surface area contributed by atoms with Crippen LogP contribution in [0.25, 0.3) is 0 Å². The maximum absolute atomic E-state index is 12.9. The van der Waals surface area contributed by atoms with Gasteiger partial charge in [-0.15, -0.1) is 0 Å². The summed E-state index contributed by atoms with van der Waals surface area (Å²) in [7, 11) is 0. The van der Waals surface area contributed by atoms with Gasteiger partial charge in [0.15, 0.2) is 0 Å². The molecular weight excluding hydrogens is 441 g/mol. The Hall–Kier alpha value is -2.87. The van der Waals surface area contributed by atoms with E-state index in [2.05, 4.69) is 10.6 Å². The number of carbonyl (C=O) groups excluding carboxylic acids is 3. The topological polar surface area (TPSA) is 87.7 Å². The van der Waals surface area contributed by atoms with Crippen LogP contribution in [0.1, 0.15) is 23.2 Å². The second-order valence-corrected chi connectivity index (χ2v) is 7.98. The molecule has 0 bridgehead atoms. The molecule has 0 aliphatic carbocycles. The van der Waals surface area contributed by atoms with E-state index in [0.717, 1.165) is 24.3 Å². The Morgan fingerprint density at radius 2 is 1.87 bits per heavy atom. The number of benzene rings is 2. The molecular formula is C22H19Cl2N3O4. The SMILES string of the molecule is O=C(NCC1CCCO1)c1cccc(NC2=C(Cl)C(=O)N(c3ccc(Cl)cc3)C2=O)c1. The van der Waals surface area contributed by atoms with Crippen LogP contribution in [-0.4, -0.2) is 37.0 Å². The average molecular weight is 460 g/mol. The smallest absolute Gasteiger partial charge is 0.283 e. The summed E-state index contributed by atoms with van der Waals surface area (Å²) >= 11 is 12.0. The minimum atomic E-state index is -0.637. The molecule has 3 amide bonds. The summed E-state index contributed by atoms with van der Waals surface area (Å²) in [4.78, 5) is 38.8. The molecule has 2 aliphatic rings. The first kappa shape index (κ1) is 21.4. The third-order valence-electron chi connectivity index (χ3n) is 5.02. The van der Waals surface area contributed by atoms with Gasteiger partial charge in [-0.05, 0) is 55.3 Å². The summed E-state index contributed by atoms with van der Waals surface area (Å²) in [5, 5.41) is 5.98. The minimum Gasteiger partial charge on any atom is -0.376 e. The predicted molar refractivity (Wildman–Crippen MR) is 118 cm³/mol. The van der Waals surface area contributed by atoms with Gasteiger partial charge in [0.1, 0.15) is 10.7 Å². The zero-order valence-corrected chi connectivity index (χ0v) is 17.9. The zero-order valence-electron chi connectivity index (χ0n) is 16.4. The molecule has 1 saturated heterocycles. The number of imide groups is 1. The van der Waals surface area contributed by atoms with Crippen molar-refractivity contribution in [1.29, 1.82) is 0 Å². The van der Waals surface area contributed by atoms with Gasteiger partial charge in [-0.25, -0.2) is 4.90 Å². The molecule has 9 heteroatoms. The molecule has 0 aromatic heterocycles. The van der Waals surface area contributed by atoms with Gasteiger partial charge in [-0.2, -0.15) is 0 Å². The summed E-state index contributed by atoms with van der Waals surface area (Å²) in [6.45, 7) is 1.16. The van der Waals surface area contributed by atoms with Crippen LogP contribution in [-0.2, 0) is 14.3 Å². The molecule has 0 saturated carbocycles. The van der Waals surface area contributed by atoms with Crippen molar-refractivity contribution < 1.29 is 19.1 Å². The van der Waals surface area contributed by atoms with Crippen molar-refractivity contribution in [3.05, 3.63) is 69.8 Å². The molecule has 2 aromatic rings. The first-order valence-corrected chi connectivity index (χ1v) is 10.5. The Balaban J connectivity index is 1.47. The second kappa shape index (κ2) is 9.09. The molecule has 31 heavy (non-hydrogen) atoms. The summed E-state index contributed by atoms with van der Waals surface area (Å²) < 4.78 is 5.51. The number of hydrogen-bond acceptors (Lipinski definition) is 5. The Morgan fingerprint density at radius 3 is 2.58 bits per heavy atom. The Kier molecular flexibility index (Phi) is 6.27. The maximum Gasteiger partial charge on any atom is 0.283 e. The van der Waals surface area contributed by atoms with E-state index >= 15 is 0 Å². The fraction of sp³-hybridized carbons (Fsp3) is 0.227. The number of anilines is 2. The van der Waals surface area contributed by atoms with Crippen LogP contribution in [0.4, 0.5) is 11.4 Å². The number of hydrogen-bond donors (Lipinski definition) is 2. The lowest BCUT2D eigenvalue weighted by Gasteiger charge is -2.15. The van der Waals surface area contributed by atoms with E-state index in [0.29, 0.717) is 28.5 Å². The van der Waals surface area contributed by atoms with Crippen molar-refractivity contribution in [2.45, 2.75) is 18.9 Å². The predicted octanol–water partition coefficient (Wildman–Crippen LogP) is 3.68. The van der Waals surface area contributed by atoms with Crippen molar-refractivity contribution in [1.82, 2.24) is 5.32 Å². The number of nitrogens with zero attached hydrogens (tertiary/aromatic N) is 1. The van der Waals surface area contributed by atoms with Crippen LogP contribution in [0.5, 0.6) is 0 Å². The standard InChI is InChI=1S/C22H19Cl2N3O4/c23-14-6-8-16(9-7-14)27-21(29)18(24)19(22(27)30)26-15-4-1-3-13(11-15)20(28)25-12-17-5-2-10-31-17/h1,3-4,6-9,11,17,26H,2,5,10,12H2,(H,25,28). The number of rotatable bonds is 6. The van der Waals surface area contributed by atoms with Crippen LogP contribution in [0.2, 0.25) is 5.02 Å². The summed E-state index contributed by atoms with van der Waals surface area (Å²) in [6.07, 6.45) is 1.96. The van der Waals surface area contributed by atoms with Gasteiger partial charge in [0.2, 0.25) is 0 Å². The third kappa shape index (κ3) is 4.58. The maximum atomic E-state index is 12.9. The summed E-state index contributed by atoms with van der Waals surface area (Å²) in [5.74, 6) is -1.48. The lowest BCUT2D eigenvalue weighted by atomic mass is 10.1. The van der Waals surface area contributed by atoms with E-state index in [1.807, 2.05) is 0 Å². The van der Waals surface area contributed by atoms with Gasteiger partial charge in [0.25, 0.3) is 17.7 Å². The van der Waals surface area contributed by atoms with Crippen molar-refractivity contribution in [2.75, 3.05) is 23.4 Å². The molecule has 160 valence electrons. The molecule has 0 radical (unpaired) electrons. The number of ether oxygens (including phenoxy) is 1. The highest BCUT2D eigenvalue weighted by atomic mass is 35.5. The quantitative estimate of drug-likeness (QED) is 0.643. The molecule has 1 fully saturated rings. The van der Waals surface area contributed by atoms with Gasteiger partial charge in [0.05, 0.1) is 11.8 Å². The summed E-state index contributed by atoms with van der Waals surface area (Å²) in [5.41, 5.74) is 1.17. The Morgan fingerprint density at radius 1 is 1.10 bits per heavy atom. The number of carbonyl (C=O) groups is 3. The first-order valence-electron chi connectivity index (χ1n) is 9.75. The van der Waals surface area contributed by atoms with E-state index < -0.39 is 11.8 Å². The zero-order chi connectivity index (χ0) is 22.0. The van der Waals surface area contributed by atoms with Gasteiger partial charge in [-0.3, -0.25) is 14.4 Å². The second-order valence-electron chi connectivity index (χ2n) is 7.16. The van der Waals surface area contributed by atoms with Gasteiger partial charge in [-0.1, -0.05) is 29.3 Å². The van der Waals surface area contributed by atoms with Crippen LogP contribution in [0, 0.1) is 0 Å². The van der Waals surface area contributed by atoms with Crippen LogP contribution in [0.15, 0.2) is 59.3 Å². The van der Waals surface area contributed by atoms with Crippen LogP contribution >= 0.6 is 23.2 Å². The monoisotopic (exact) mass is 459 g/mol. The lowest BCUT2D eigenvalue weighted by Crippen LogP contribution is -2.32. The van der Waals surface area contributed by atoms with Gasteiger partial charge < -0.3 is 15.4 Å². The largest absolute Gasteiger partial charge is 0.376 e. The van der Waals surface area contributed by atoms with E-state index in [1.165, 1.54) is 0 Å². The molecule has 1 atom stereocenters. The molecule has 0 spiro atoms. The number of nitrogens with one attached hydrogen (secondary N) is 2. The van der Waals surface area contributed by atoms with Crippen molar-refractivity contribution in [3.8, 4) is 0 Å². The Labute approximate surface area is 189 Å². The van der Waals surface area contributed by atoms with E-state index in [9.17, 15) is 14.4 Å². The van der Waals surface area contributed by atoms with Crippen molar-refractivity contribution in [3.63, 3.8) is 0 Å². The minimum absolute atomic E-state index is 0.0372. The normalized spacial score (nSPS) is 18.6. The molecule has 7 nitrogen and oxygen atoms in total. The molecule has 1 unspecified atom stereocenters. The Bertz CT molecular complexity index is 1060. The van der Waals surface area contributed by atoms with Gasteiger partial charge >= 0.3 is 0 Å². The van der Waals surface area contributed by atoms with Gasteiger partial charge in [0, 0.05) is 29.4 Å². The fourth-order valence-corrected chi connectivity index (χ4v) is 3.77. The molecule has 4 rings (SSSR count). The van der Waals surface area contributed by atoms with E-state index in [1.54, 1.807) is 48.5 Å². The highest BCUT2D eigenvalue weighted by molar-refractivity contribution is 6.53. The summed E-state index contributed by atoms with van der Waals surface area (Å²) in [6, 6.07) is 12.9. The molecule has 2 aliphatic heterocycles. The van der Waals surface area contributed by atoms with Crippen molar-refractivity contribution >= 4 is 52.3 Å². The van der Waals surface area contributed by atoms with Crippen molar-refractivity contribution in [2.24, 2.45) is 0 Å². The average Bonchev–Trinajstić information content (AvgIpc) is 3.36. The highest BCUT2D eigenvalue weighted by Crippen LogP contribution is 2.30. The fourth-order valence-electron chi connectivity index (χ4n) is 3.43. The lowest BCUT2D eigenvalue weighted by molar-refractivity contribution is -0.120. The highest BCUT2D eigenvalue weighted by Gasteiger charge is 2.39. The molecule has 2 N–H and O–H groups in total. The van der Waals surface area contributed by atoms with E-state index in [4.69, 9.17) is 27.9 Å². The third-order valence-corrected chi connectivity index (χ3v) is 5.62. The number of halogens is 2. The molecule has 2 aromatic carbocycles. The van der Waals surface area contributed by atoms with Crippen LogP contribution < -0.4 is 15.5 Å². The first-order chi connectivity index (χ1) is 14.9. The number of amides is 3.